The Labute approximate surface area is 209 Å². The van der Waals surface area contributed by atoms with Gasteiger partial charge in [0.25, 0.3) is 0 Å². The van der Waals surface area contributed by atoms with Gasteiger partial charge in [0.2, 0.25) is 0 Å². The molecule has 0 N–H and O–H groups in total. The van der Waals surface area contributed by atoms with Crippen LogP contribution in [-0.2, 0) is 6.16 Å². The zero-order valence-electron chi connectivity index (χ0n) is 17.0. The van der Waals surface area contributed by atoms with Crippen LogP contribution in [0.5, 0.6) is 0 Å². The fraction of sp³-hybridized carbons (Fsp3) is 0.0385. The molecule has 5 rings (SSSR count). The van der Waals surface area contributed by atoms with E-state index in [2.05, 4.69) is 119 Å². The fourth-order valence-electron chi connectivity index (χ4n) is 4.29. The first-order valence-electron chi connectivity index (χ1n) is 10.1. The standard InChI is InChI=1S/C26H19BrCl2NPS/c27-31(20-10-4-1-5-11-20,21-12-6-2-7-13-21,22-14-8-3-9-15-22)18-19-16-17-23-25(30-19)24(28)26(29)32-23/h1-17H,18H2. The summed E-state index contributed by atoms with van der Waals surface area (Å²) in [5.41, 5.74) is 1.74. The molecule has 0 spiro atoms. The van der Waals surface area contributed by atoms with Crippen LogP contribution in [0.2, 0.25) is 9.36 Å². The predicted molar refractivity (Wildman–Crippen MR) is 147 cm³/mol. The fourth-order valence-corrected chi connectivity index (χ4v) is 13.2. The van der Waals surface area contributed by atoms with Crippen LogP contribution in [0.4, 0.5) is 0 Å². The van der Waals surface area contributed by atoms with Crippen molar-refractivity contribution in [3.63, 3.8) is 0 Å². The van der Waals surface area contributed by atoms with Gasteiger partial charge in [-0.1, -0.05) is 0 Å². The van der Waals surface area contributed by atoms with Crippen molar-refractivity contribution in [1.82, 2.24) is 4.98 Å². The number of halogens is 3. The van der Waals surface area contributed by atoms with Gasteiger partial charge in [-0.3, -0.25) is 0 Å². The van der Waals surface area contributed by atoms with Gasteiger partial charge in [-0.2, -0.15) is 0 Å². The normalized spacial score (nSPS) is 13.0. The first-order valence-corrected chi connectivity index (χ1v) is 16.1. The second-order valence-electron chi connectivity index (χ2n) is 7.69. The average Bonchev–Trinajstić information content (AvgIpc) is 3.14. The van der Waals surface area contributed by atoms with Gasteiger partial charge in [-0.05, 0) is 0 Å². The number of nitrogens with zero attached hydrogens (tertiary/aromatic N) is 1. The molecule has 0 atom stereocenters. The van der Waals surface area contributed by atoms with Crippen LogP contribution >= 0.6 is 55.3 Å². The molecule has 3 aromatic carbocycles. The van der Waals surface area contributed by atoms with Crippen molar-refractivity contribution < 1.29 is 0 Å². The molecular weight excluding hydrogens is 540 g/mol. The summed E-state index contributed by atoms with van der Waals surface area (Å²) in [7, 11) is 0. The maximum atomic E-state index is 6.49. The second-order valence-corrected chi connectivity index (χ2v) is 18.6. The molecule has 0 unspecified atom stereocenters. The van der Waals surface area contributed by atoms with E-state index in [1.807, 2.05) is 0 Å². The molecule has 0 aliphatic heterocycles. The van der Waals surface area contributed by atoms with E-state index in [4.69, 9.17) is 28.2 Å². The Hall–Kier alpha value is -1.74. The summed E-state index contributed by atoms with van der Waals surface area (Å²) in [5.74, 6) is 0. The van der Waals surface area contributed by atoms with Gasteiger partial charge in [-0.25, -0.2) is 0 Å². The molecule has 0 aliphatic carbocycles. The number of fused-ring (bicyclic) bond motifs is 1. The summed E-state index contributed by atoms with van der Waals surface area (Å²) in [6.07, 6.45) is 0.712. The van der Waals surface area contributed by atoms with Crippen LogP contribution in [0, 0.1) is 0 Å². The third kappa shape index (κ3) is 3.52. The Kier molecular flexibility index (Phi) is 5.90. The van der Waals surface area contributed by atoms with Gasteiger partial charge >= 0.3 is 211 Å². The minimum atomic E-state index is -3.10. The molecule has 6 heteroatoms. The van der Waals surface area contributed by atoms with E-state index in [1.165, 1.54) is 27.3 Å². The van der Waals surface area contributed by atoms with Crippen LogP contribution in [0.15, 0.2) is 103 Å². The number of rotatable bonds is 5. The van der Waals surface area contributed by atoms with Crippen LogP contribution in [-0.4, -0.2) is 4.98 Å². The molecule has 2 aromatic heterocycles. The Morgan fingerprint density at radius 3 is 1.62 bits per heavy atom. The van der Waals surface area contributed by atoms with Gasteiger partial charge in [0.1, 0.15) is 0 Å². The Bertz CT molecular complexity index is 1290. The van der Waals surface area contributed by atoms with E-state index >= 15 is 0 Å². The molecule has 0 radical (unpaired) electrons. The summed E-state index contributed by atoms with van der Waals surface area (Å²) in [5, 5.41) is 1.20. The van der Waals surface area contributed by atoms with Crippen molar-refractivity contribution in [3.05, 3.63) is 118 Å². The molecule has 0 fully saturated rings. The van der Waals surface area contributed by atoms with E-state index in [0.29, 0.717) is 15.5 Å². The molecular formula is C26H19BrCl2NPS. The molecule has 0 amide bonds. The van der Waals surface area contributed by atoms with Crippen molar-refractivity contribution in [2.45, 2.75) is 6.16 Å². The van der Waals surface area contributed by atoms with Crippen LogP contribution in [0.25, 0.3) is 10.2 Å². The number of aromatic nitrogens is 1. The van der Waals surface area contributed by atoms with E-state index in [9.17, 15) is 0 Å². The van der Waals surface area contributed by atoms with E-state index in [0.717, 1.165) is 15.9 Å². The number of hydrogen-bond acceptors (Lipinski definition) is 2. The van der Waals surface area contributed by atoms with Crippen LogP contribution in [0.3, 0.4) is 0 Å². The zero-order valence-corrected chi connectivity index (χ0v) is 21.8. The minimum absolute atomic E-state index is 0.530. The molecule has 5 aromatic rings. The predicted octanol–water partition coefficient (Wildman–Crippen LogP) is 7.94. The molecule has 0 aliphatic rings. The van der Waals surface area contributed by atoms with Crippen molar-refractivity contribution in [2.24, 2.45) is 0 Å². The number of pyridine rings is 1. The molecule has 1 nitrogen and oxygen atoms in total. The first-order chi connectivity index (χ1) is 15.5. The summed E-state index contributed by atoms with van der Waals surface area (Å²) < 4.78 is 1.58. The number of hydrogen-bond donors (Lipinski definition) is 0. The van der Waals surface area contributed by atoms with Crippen molar-refractivity contribution in [2.75, 3.05) is 0 Å². The molecule has 32 heavy (non-hydrogen) atoms. The Balaban J connectivity index is 1.83. The van der Waals surface area contributed by atoms with Gasteiger partial charge in [0.05, 0.1) is 0 Å². The molecule has 2 heterocycles. The van der Waals surface area contributed by atoms with Gasteiger partial charge < -0.3 is 0 Å². The summed E-state index contributed by atoms with van der Waals surface area (Å²) in [6, 6.07) is 36.3. The molecule has 0 saturated heterocycles. The Morgan fingerprint density at radius 2 is 1.16 bits per heavy atom. The third-order valence-electron chi connectivity index (χ3n) is 5.84. The maximum absolute atomic E-state index is 6.49. The molecule has 0 saturated carbocycles. The molecule has 0 bridgehead atoms. The van der Waals surface area contributed by atoms with Gasteiger partial charge in [0.15, 0.2) is 0 Å². The molecule has 160 valence electrons. The van der Waals surface area contributed by atoms with Crippen molar-refractivity contribution in [3.8, 4) is 0 Å². The van der Waals surface area contributed by atoms with Crippen LogP contribution in [0.1, 0.15) is 5.69 Å². The monoisotopic (exact) mass is 557 g/mol. The topological polar surface area (TPSA) is 12.9 Å². The quantitative estimate of drug-likeness (QED) is 0.199. The average molecular weight is 559 g/mol. The summed E-state index contributed by atoms with van der Waals surface area (Å²) >= 11 is 18.7. The van der Waals surface area contributed by atoms with Crippen LogP contribution < -0.4 is 15.9 Å². The van der Waals surface area contributed by atoms with Gasteiger partial charge in [0, 0.05) is 0 Å². The van der Waals surface area contributed by atoms with Crippen molar-refractivity contribution >= 4 is 81.5 Å². The van der Waals surface area contributed by atoms with E-state index in [1.54, 1.807) is 0 Å². The van der Waals surface area contributed by atoms with E-state index in [-0.39, 0.29) is 0 Å². The summed E-state index contributed by atoms with van der Waals surface area (Å²) in [6.45, 7) is 0. The third-order valence-corrected chi connectivity index (χ3v) is 17.2. The SMILES string of the molecule is Clc1sc2ccc(CP(Br)(c3ccccc3)(c3ccccc3)c3ccccc3)nc2c1Cl. The summed E-state index contributed by atoms with van der Waals surface area (Å²) in [4.78, 5) is 5.00. The van der Waals surface area contributed by atoms with Gasteiger partial charge in [-0.15, -0.1) is 0 Å². The number of thiophene rings is 1. The first kappa shape index (κ1) is 22.1. The second kappa shape index (κ2) is 8.56. The van der Waals surface area contributed by atoms with E-state index < -0.39 is 5.31 Å². The Morgan fingerprint density at radius 1 is 0.688 bits per heavy atom. The zero-order chi connectivity index (χ0) is 22.2. The number of benzene rings is 3. The van der Waals surface area contributed by atoms with Crippen molar-refractivity contribution in [1.29, 1.82) is 0 Å².